The van der Waals surface area contributed by atoms with Crippen LogP contribution in [0.2, 0.25) is 0 Å². The summed E-state index contributed by atoms with van der Waals surface area (Å²) in [6, 6.07) is 9.22. The molecule has 1 aromatic carbocycles. The van der Waals surface area contributed by atoms with Crippen molar-refractivity contribution in [1.29, 1.82) is 0 Å². The molecule has 8 heteroatoms. The van der Waals surface area contributed by atoms with E-state index in [9.17, 15) is 14.4 Å². The molecule has 1 aliphatic rings. The molecule has 1 saturated heterocycles. The fraction of sp³-hybridized carbons (Fsp3) is 0.333. The molecule has 0 atom stereocenters. The molecule has 0 aliphatic carbocycles. The van der Waals surface area contributed by atoms with Crippen LogP contribution in [0.5, 0.6) is 0 Å². The van der Waals surface area contributed by atoms with E-state index in [1.807, 2.05) is 30.3 Å². The summed E-state index contributed by atoms with van der Waals surface area (Å²) in [6.07, 6.45) is 0.924. The molecule has 8 nitrogen and oxygen atoms in total. The largest absolute Gasteiger partial charge is 0.450 e. The smallest absolute Gasteiger partial charge is 0.409 e. The summed E-state index contributed by atoms with van der Waals surface area (Å²) in [5, 5.41) is 0. The highest BCUT2D eigenvalue weighted by atomic mass is 16.6. The molecule has 2 aromatic rings. The number of H-pyrrole nitrogens is 1. The summed E-state index contributed by atoms with van der Waals surface area (Å²) in [6.45, 7) is 3.49. The second-order valence-corrected chi connectivity index (χ2v) is 5.82. The highest BCUT2D eigenvalue weighted by Gasteiger charge is 2.27. The van der Waals surface area contributed by atoms with Gasteiger partial charge in [-0.15, -0.1) is 0 Å². The Balaban J connectivity index is 1.69. The van der Waals surface area contributed by atoms with E-state index in [4.69, 9.17) is 4.74 Å². The first kappa shape index (κ1) is 17.7. The molecule has 0 unspecified atom stereocenters. The number of benzene rings is 1. The van der Waals surface area contributed by atoms with Gasteiger partial charge in [0.15, 0.2) is 0 Å². The maximum Gasteiger partial charge on any atom is 0.409 e. The third-order valence-electron chi connectivity index (χ3n) is 4.17. The number of piperazine rings is 1. The number of aromatic nitrogens is 2. The molecule has 2 heterocycles. The Morgan fingerprint density at radius 2 is 1.77 bits per heavy atom. The molecule has 3 rings (SSSR count). The predicted octanol–water partition coefficient (Wildman–Crippen LogP) is 1.35. The van der Waals surface area contributed by atoms with Crippen LogP contribution in [0, 0.1) is 0 Å². The molecular weight excluding hydrogens is 336 g/mol. The monoisotopic (exact) mass is 356 g/mol. The number of aromatic amines is 1. The molecular formula is C18H20N4O4. The van der Waals surface area contributed by atoms with Gasteiger partial charge in [-0.2, -0.15) is 0 Å². The van der Waals surface area contributed by atoms with Crippen LogP contribution < -0.4 is 5.56 Å². The highest BCUT2D eigenvalue weighted by Crippen LogP contribution is 2.13. The number of amides is 2. The Bertz CT molecular complexity index is 842. The number of rotatable bonds is 3. The fourth-order valence-corrected chi connectivity index (χ4v) is 2.77. The molecule has 0 saturated carbocycles. The summed E-state index contributed by atoms with van der Waals surface area (Å²) in [5.41, 5.74) is 0.289. The van der Waals surface area contributed by atoms with E-state index in [0.29, 0.717) is 38.6 Å². The van der Waals surface area contributed by atoms with Gasteiger partial charge in [0.25, 0.3) is 11.5 Å². The minimum Gasteiger partial charge on any atom is -0.450 e. The van der Waals surface area contributed by atoms with E-state index >= 15 is 0 Å². The first-order valence-corrected chi connectivity index (χ1v) is 8.46. The molecule has 26 heavy (non-hydrogen) atoms. The third-order valence-corrected chi connectivity index (χ3v) is 4.17. The van der Waals surface area contributed by atoms with Crippen LogP contribution in [-0.2, 0) is 4.74 Å². The van der Waals surface area contributed by atoms with Gasteiger partial charge in [0.1, 0.15) is 11.4 Å². The van der Waals surface area contributed by atoms with E-state index in [-0.39, 0.29) is 17.6 Å². The second kappa shape index (κ2) is 7.81. The van der Waals surface area contributed by atoms with Crippen LogP contribution in [0.25, 0.3) is 11.4 Å². The van der Waals surface area contributed by atoms with Gasteiger partial charge >= 0.3 is 6.09 Å². The number of ether oxygens (including phenoxy) is 1. The molecule has 1 N–H and O–H groups in total. The molecule has 1 aromatic heterocycles. The van der Waals surface area contributed by atoms with Gasteiger partial charge in [-0.25, -0.2) is 9.78 Å². The van der Waals surface area contributed by atoms with Crippen LogP contribution in [-0.4, -0.2) is 64.6 Å². The summed E-state index contributed by atoms with van der Waals surface area (Å²) in [4.78, 5) is 46.6. The van der Waals surface area contributed by atoms with Crippen LogP contribution >= 0.6 is 0 Å². The van der Waals surface area contributed by atoms with E-state index < -0.39 is 5.56 Å². The van der Waals surface area contributed by atoms with Gasteiger partial charge in [-0.1, -0.05) is 30.3 Å². The number of hydrogen-bond donors (Lipinski definition) is 1. The van der Waals surface area contributed by atoms with Crippen LogP contribution in [0.15, 0.2) is 41.3 Å². The van der Waals surface area contributed by atoms with Crippen LogP contribution in [0.1, 0.15) is 17.3 Å². The summed E-state index contributed by atoms with van der Waals surface area (Å²) < 4.78 is 4.95. The zero-order valence-electron chi connectivity index (χ0n) is 14.5. The fourth-order valence-electron chi connectivity index (χ4n) is 2.77. The number of nitrogens with one attached hydrogen (secondary N) is 1. The molecule has 136 valence electrons. The quantitative estimate of drug-likeness (QED) is 0.896. The summed E-state index contributed by atoms with van der Waals surface area (Å²) in [7, 11) is 0. The van der Waals surface area contributed by atoms with Crippen molar-refractivity contribution >= 4 is 12.0 Å². The lowest BCUT2D eigenvalue weighted by Gasteiger charge is -2.33. The molecule has 1 aliphatic heterocycles. The molecule has 0 bridgehead atoms. The minimum absolute atomic E-state index is 0.00531. The average Bonchev–Trinajstić information content (AvgIpc) is 2.68. The average molecular weight is 356 g/mol. The Labute approximate surface area is 150 Å². The molecule has 0 spiro atoms. The third kappa shape index (κ3) is 3.74. The second-order valence-electron chi connectivity index (χ2n) is 5.82. The van der Waals surface area contributed by atoms with Crippen molar-refractivity contribution in [2.24, 2.45) is 0 Å². The summed E-state index contributed by atoms with van der Waals surface area (Å²) >= 11 is 0. The highest BCUT2D eigenvalue weighted by molar-refractivity contribution is 5.93. The SMILES string of the molecule is CCOC(=O)N1CCN(C(=O)c2cnc(-c3ccccc3)[nH]c2=O)CC1. The zero-order valence-corrected chi connectivity index (χ0v) is 14.5. The minimum atomic E-state index is -0.475. The van der Waals surface area contributed by atoms with Crippen LogP contribution in [0.3, 0.4) is 0 Å². The van der Waals surface area contributed by atoms with Gasteiger partial charge < -0.3 is 19.5 Å². The van der Waals surface area contributed by atoms with Crippen LogP contribution in [0.4, 0.5) is 4.79 Å². The van der Waals surface area contributed by atoms with Gasteiger partial charge in [-0.05, 0) is 6.92 Å². The molecule has 0 radical (unpaired) electrons. The predicted molar refractivity (Wildman–Crippen MR) is 94.8 cm³/mol. The van der Waals surface area contributed by atoms with Crippen molar-refractivity contribution in [2.75, 3.05) is 32.8 Å². The maximum absolute atomic E-state index is 12.6. The normalized spacial score (nSPS) is 14.2. The lowest BCUT2D eigenvalue weighted by atomic mass is 10.2. The van der Waals surface area contributed by atoms with Crippen molar-refractivity contribution in [3.05, 3.63) is 52.4 Å². The van der Waals surface area contributed by atoms with Crippen molar-refractivity contribution in [3.8, 4) is 11.4 Å². The maximum atomic E-state index is 12.6. The van der Waals surface area contributed by atoms with Gasteiger partial charge in [0.05, 0.1) is 6.61 Å². The topological polar surface area (TPSA) is 95.6 Å². The summed E-state index contributed by atoms with van der Waals surface area (Å²) in [5.74, 6) is 0.0288. The Hall–Kier alpha value is -3.16. The van der Waals surface area contributed by atoms with E-state index in [1.54, 1.807) is 16.7 Å². The van der Waals surface area contributed by atoms with E-state index in [0.717, 1.165) is 5.56 Å². The van der Waals surface area contributed by atoms with Crippen molar-refractivity contribution in [3.63, 3.8) is 0 Å². The Morgan fingerprint density at radius 3 is 2.38 bits per heavy atom. The lowest BCUT2D eigenvalue weighted by molar-refractivity contribution is 0.0568. The van der Waals surface area contributed by atoms with Gasteiger partial charge in [-0.3, -0.25) is 9.59 Å². The first-order valence-electron chi connectivity index (χ1n) is 8.46. The number of nitrogens with zero attached hydrogens (tertiary/aromatic N) is 3. The lowest BCUT2D eigenvalue weighted by Crippen LogP contribution is -2.51. The van der Waals surface area contributed by atoms with Gasteiger partial charge in [0, 0.05) is 37.9 Å². The standard InChI is InChI=1S/C18H20N4O4/c1-2-26-18(25)22-10-8-21(9-11-22)17(24)14-12-19-15(20-16(14)23)13-6-4-3-5-7-13/h3-7,12H,2,8-11H2,1H3,(H,19,20,23). The number of carbonyl (C=O) groups is 2. The Kier molecular flexibility index (Phi) is 5.31. The number of hydrogen-bond acceptors (Lipinski definition) is 5. The molecule has 2 amide bonds. The number of carbonyl (C=O) groups excluding carboxylic acids is 2. The van der Waals surface area contributed by atoms with Crippen molar-refractivity contribution in [1.82, 2.24) is 19.8 Å². The molecule has 1 fully saturated rings. The van der Waals surface area contributed by atoms with Gasteiger partial charge in [0.2, 0.25) is 0 Å². The van der Waals surface area contributed by atoms with Crippen molar-refractivity contribution in [2.45, 2.75) is 6.92 Å². The van der Waals surface area contributed by atoms with E-state index in [1.165, 1.54) is 6.20 Å². The zero-order chi connectivity index (χ0) is 18.5. The first-order chi connectivity index (χ1) is 12.6. The Morgan fingerprint density at radius 1 is 1.12 bits per heavy atom. The van der Waals surface area contributed by atoms with E-state index in [2.05, 4.69) is 9.97 Å². The van der Waals surface area contributed by atoms with Crippen molar-refractivity contribution < 1.29 is 14.3 Å².